The van der Waals surface area contributed by atoms with Gasteiger partial charge in [-0.3, -0.25) is 28.9 Å². The van der Waals surface area contributed by atoms with Crippen LogP contribution in [0, 0.1) is 23.7 Å². The standard InChI is InChI=1S/C22H24N2O9.ClH/c1-21(32)7-5-4-6-8(25)9(7)15(26)10-12(21)17(28)13-14(24(2)3)16(27)11(20(23)31)19(30)22(13,33)18(10)29;/h4-6,10-14,17,25,28,32-33H,1-3H3,(H2,23,31);1H/t10-,11?,12?,13?,14+,17+,21-,22+;/m1./s1. The minimum Gasteiger partial charge on any atom is -0.507 e. The molecule has 184 valence electrons. The number of hydrogen-bond acceptors (Lipinski definition) is 10. The lowest BCUT2D eigenvalue weighted by Crippen LogP contribution is -2.78. The van der Waals surface area contributed by atoms with Crippen molar-refractivity contribution in [3.05, 3.63) is 29.3 Å². The number of amides is 1. The summed E-state index contributed by atoms with van der Waals surface area (Å²) in [6.45, 7) is 1.24. The van der Waals surface area contributed by atoms with Crippen molar-refractivity contribution in [1.82, 2.24) is 4.90 Å². The van der Waals surface area contributed by atoms with E-state index in [9.17, 15) is 44.4 Å². The number of nitrogens with two attached hydrogens (primary N) is 1. The molecule has 3 aliphatic carbocycles. The van der Waals surface area contributed by atoms with Gasteiger partial charge in [-0.1, -0.05) is 12.1 Å². The van der Waals surface area contributed by atoms with Gasteiger partial charge in [-0.25, -0.2) is 0 Å². The number of aliphatic hydroxyl groups excluding tert-OH is 1. The highest BCUT2D eigenvalue weighted by atomic mass is 35.5. The van der Waals surface area contributed by atoms with E-state index in [1.54, 1.807) is 0 Å². The molecule has 2 saturated carbocycles. The van der Waals surface area contributed by atoms with E-state index in [1.807, 2.05) is 0 Å². The van der Waals surface area contributed by atoms with E-state index in [4.69, 9.17) is 5.73 Å². The SMILES string of the molecule is CN(C)[C@@H]1C(=O)C(C(N)=O)C(=O)[C@@]2(O)C(=O)[C@H]3C(=O)c4c(O)cccc4[C@@](C)(O)C3[C@H](O)C12.Cl. The normalized spacial score (nSPS) is 39.1. The topological polar surface area (TPSA) is 196 Å². The first-order valence-corrected chi connectivity index (χ1v) is 10.3. The Morgan fingerprint density at radius 3 is 2.18 bits per heavy atom. The van der Waals surface area contributed by atoms with Crippen molar-refractivity contribution in [2.45, 2.75) is 30.3 Å². The Morgan fingerprint density at radius 2 is 1.65 bits per heavy atom. The van der Waals surface area contributed by atoms with Gasteiger partial charge >= 0.3 is 0 Å². The van der Waals surface area contributed by atoms with Crippen molar-refractivity contribution < 1.29 is 44.4 Å². The predicted octanol–water partition coefficient (Wildman–Crippen LogP) is -2.08. The molecule has 12 heteroatoms. The Labute approximate surface area is 199 Å². The lowest BCUT2D eigenvalue weighted by atomic mass is 9.48. The zero-order valence-corrected chi connectivity index (χ0v) is 19.3. The van der Waals surface area contributed by atoms with Crippen molar-refractivity contribution >= 4 is 41.4 Å². The summed E-state index contributed by atoms with van der Waals surface area (Å²) in [6, 6.07) is 2.40. The van der Waals surface area contributed by atoms with Gasteiger partial charge in [0.05, 0.1) is 35.1 Å². The van der Waals surface area contributed by atoms with Gasteiger partial charge in [-0.15, -0.1) is 12.4 Å². The fraction of sp³-hybridized carbons (Fsp3) is 0.500. The average Bonchev–Trinajstić information content (AvgIpc) is 2.70. The molecule has 1 aromatic carbocycles. The van der Waals surface area contributed by atoms with Crippen LogP contribution in [-0.2, 0) is 24.8 Å². The average molecular weight is 497 g/mol. The van der Waals surface area contributed by atoms with Crippen LogP contribution in [0.5, 0.6) is 5.75 Å². The van der Waals surface area contributed by atoms with Gasteiger partial charge in [0.25, 0.3) is 0 Å². The number of phenolic OH excluding ortho intramolecular Hbond substituents is 1. The number of primary amides is 1. The molecular formula is C22H25ClN2O9. The first-order valence-electron chi connectivity index (χ1n) is 10.3. The third-order valence-corrected chi connectivity index (χ3v) is 7.40. The summed E-state index contributed by atoms with van der Waals surface area (Å²) in [7, 11) is 2.77. The molecule has 0 bridgehead atoms. The van der Waals surface area contributed by atoms with Crippen LogP contribution in [0.25, 0.3) is 0 Å². The summed E-state index contributed by atoms with van der Waals surface area (Å²) in [6.07, 6.45) is -1.90. The first-order chi connectivity index (χ1) is 15.2. The Balaban J connectivity index is 0.00000324. The summed E-state index contributed by atoms with van der Waals surface area (Å²) in [5.74, 6) is -14.2. The molecule has 0 aromatic heterocycles. The molecule has 1 aromatic rings. The van der Waals surface area contributed by atoms with Crippen LogP contribution in [0.4, 0.5) is 0 Å². The number of carbonyl (C=O) groups is 5. The number of phenols is 1. The van der Waals surface area contributed by atoms with Crippen LogP contribution >= 0.6 is 12.4 Å². The second-order valence-electron chi connectivity index (χ2n) is 9.37. The van der Waals surface area contributed by atoms with Crippen molar-refractivity contribution in [3.63, 3.8) is 0 Å². The van der Waals surface area contributed by atoms with Crippen molar-refractivity contribution in [2.24, 2.45) is 29.4 Å². The zero-order valence-electron chi connectivity index (χ0n) is 18.5. The smallest absolute Gasteiger partial charge is 0.235 e. The monoisotopic (exact) mass is 496 g/mol. The molecule has 1 amide bonds. The summed E-state index contributed by atoms with van der Waals surface area (Å²) in [5.41, 5.74) is -0.350. The second kappa shape index (κ2) is 7.92. The number of rotatable bonds is 2. The summed E-state index contributed by atoms with van der Waals surface area (Å²) >= 11 is 0. The number of hydrogen-bond donors (Lipinski definition) is 5. The molecule has 0 spiro atoms. The third kappa shape index (κ3) is 2.94. The molecule has 8 atom stereocenters. The predicted molar refractivity (Wildman–Crippen MR) is 116 cm³/mol. The third-order valence-electron chi connectivity index (χ3n) is 7.40. The lowest BCUT2D eigenvalue weighted by molar-refractivity contribution is -0.210. The zero-order chi connectivity index (χ0) is 24.8. The highest BCUT2D eigenvalue weighted by molar-refractivity contribution is 6.32. The summed E-state index contributed by atoms with van der Waals surface area (Å²) < 4.78 is 0. The first kappa shape index (κ1) is 25.9. The minimum atomic E-state index is -3.10. The molecule has 6 N–H and O–H groups in total. The Morgan fingerprint density at radius 1 is 1.06 bits per heavy atom. The molecule has 11 nitrogen and oxygen atoms in total. The maximum Gasteiger partial charge on any atom is 0.235 e. The second-order valence-corrected chi connectivity index (χ2v) is 9.37. The van der Waals surface area contributed by atoms with Crippen LogP contribution < -0.4 is 5.73 Å². The number of aliphatic hydroxyl groups is 3. The van der Waals surface area contributed by atoms with Crippen LogP contribution in [0.3, 0.4) is 0 Å². The number of aromatic hydroxyl groups is 1. The number of benzene rings is 1. The quantitative estimate of drug-likeness (QED) is 0.283. The molecule has 0 saturated heterocycles. The van der Waals surface area contributed by atoms with Gasteiger partial charge in [0.15, 0.2) is 34.7 Å². The number of carbonyl (C=O) groups excluding carboxylic acids is 5. The number of fused-ring (bicyclic) bond motifs is 3. The van der Waals surface area contributed by atoms with Crippen molar-refractivity contribution in [2.75, 3.05) is 14.1 Å². The molecule has 2 fully saturated rings. The van der Waals surface area contributed by atoms with Gasteiger partial charge in [0.1, 0.15) is 5.75 Å². The molecular weight excluding hydrogens is 472 g/mol. The van der Waals surface area contributed by atoms with Crippen molar-refractivity contribution in [3.8, 4) is 5.75 Å². The number of Topliss-reactive ketones (excluding diaryl/α,β-unsaturated/α-hetero) is 4. The fourth-order valence-electron chi connectivity index (χ4n) is 5.97. The van der Waals surface area contributed by atoms with E-state index in [0.717, 1.165) is 0 Å². The summed E-state index contributed by atoms with van der Waals surface area (Å²) in [4.78, 5) is 66.4. The van der Waals surface area contributed by atoms with Crippen LogP contribution in [0.1, 0.15) is 22.8 Å². The van der Waals surface area contributed by atoms with Gasteiger partial charge in [0.2, 0.25) is 5.91 Å². The van der Waals surface area contributed by atoms with Gasteiger partial charge < -0.3 is 26.2 Å². The van der Waals surface area contributed by atoms with Gasteiger partial charge in [-0.2, -0.15) is 0 Å². The molecule has 3 unspecified atom stereocenters. The van der Waals surface area contributed by atoms with Gasteiger partial charge in [-0.05, 0) is 32.6 Å². The minimum absolute atomic E-state index is 0. The molecule has 34 heavy (non-hydrogen) atoms. The maximum absolute atomic E-state index is 13.7. The Kier molecular flexibility index (Phi) is 6.04. The van der Waals surface area contributed by atoms with Crippen molar-refractivity contribution in [1.29, 1.82) is 0 Å². The van der Waals surface area contributed by atoms with E-state index in [1.165, 1.54) is 44.1 Å². The highest BCUT2D eigenvalue weighted by Gasteiger charge is 2.74. The number of halogens is 1. The van der Waals surface area contributed by atoms with Crippen LogP contribution in [0.2, 0.25) is 0 Å². The molecule has 0 aliphatic heterocycles. The Bertz CT molecular complexity index is 1130. The molecule has 0 radical (unpaired) electrons. The molecule has 3 aliphatic rings. The van der Waals surface area contributed by atoms with E-state index >= 15 is 0 Å². The van der Waals surface area contributed by atoms with E-state index in [2.05, 4.69) is 0 Å². The number of nitrogens with zero attached hydrogens (tertiary/aromatic N) is 1. The maximum atomic E-state index is 13.7. The molecule has 4 rings (SSSR count). The number of likely N-dealkylation sites (N-methyl/N-ethyl adjacent to an activating group) is 1. The van der Waals surface area contributed by atoms with E-state index < -0.39 is 81.8 Å². The largest absolute Gasteiger partial charge is 0.507 e. The Hall–Kier alpha value is -2.70. The number of ketones is 4. The van der Waals surface area contributed by atoms with Gasteiger partial charge in [0, 0.05) is 5.92 Å². The highest BCUT2D eigenvalue weighted by Crippen LogP contribution is 2.55. The lowest BCUT2D eigenvalue weighted by Gasteiger charge is -2.57. The van der Waals surface area contributed by atoms with E-state index in [-0.39, 0.29) is 23.5 Å². The van der Waals surface area contributed by atoms with E-state index in [0.29, 0.717) is 0 Å². The summed E-state index contributed by atoms with van der Waals surface area (Å²) in [5, 5.41) is 44.5. The van der Waals surface area contributed by atoms with Crippen LogP contribution in [0.15, 0.2) is 18.2 Å². The van der Waals surface area contributed by atoms with Crippen LogP contribution in [-0.4, -0.2) is 86.2 Å². The molecule has 0 heterocycles. The fourth-order valence-corrected chi connectivity index (χ4v) is 5.97.